The number of carbonyl (C=O) groups is 1. The lowest BCUT2D eigenvalue weighted by Crippen LogP contribution is -2.19. The van der Waals surface area contributed by atoms with E-state index in [-0.39, 0.29) is 11.3 Å². The van der Waals surface area contributed by atoms with Gasteiger partial charge in [0.2, 0.25) is 0 Å². The lowest BCUT2D eigenvalue weighted by atomic mass is 9.72. The number of hydrogen-bond acceptors (Lipinski definition) is 3. The van der Waals surface area contributed by atoms with Crippen LogP contribution < -0.4 is 5.43 Å². The zero-order valence-corrected chi connectivity index (χ0v) is 18.8. The van der Waals surface area contributed by atoms with Crippen molar-refractivity contribution in [2.45, 2.75) is 53.9 Å². The zero-order chi connectivity index (χ0) is 22.0. The van der Waals surface area contributed by atoms with Gasteiger partial charge in [-0.3, -0.25) is 9.78 Å². The van der Waals surface area contributed by atoms with Gasteiger partial charge in [-0.1, -0.05) is 55.4 Å². The molecule has 0 aliphatic heterocycles. The molecule has 1 heterocycles. The summed E-state index contributed by atoms with van der Waals surface area (Å²) in [5.74, 6) is -0.257. The second kappa shape index (κ2) is 11.2. The van der Waals surface area contributed by atoms with Crippen molar-refractivity contribution < 1.29 is 4.79 Å². The van der Waals surface area contributed by atoms with E-state index < -0.39 is 0 Å². The van der Waals surface area contributed by atoms with Gasteiger partial charge in [0.05, 0.1) is 0 Å². The third-order valence-electron chi connectivity index (χ3n) is 5.29. The fourth-order valence-corrected chi connectivity index (χ4v) is 3.51. The molecule has 1 aliphatic rings. The van der Waals surface area contributed by atoms with Gasteiger partial charge in [0.15, 0.2) is 0 Å². The number of pyridine rings is 1. The van der Waals surface area contributed by atoms with E-state index in [1.54, 1.807) is 30.7 Å². The Kier molecular flexibility index (Phi) is 8.72. The van der Waals surface area contributed by atoms with Crippen LogP contribution in [0.3, 0.4) is 0 Å². The maximum atomic E-state index is 11.9. The minimum absolute atomic E-state index is 0.257. The Morgan fingerprint density at radius 3 is 2.53 bits per heavy atom. The van der Waals surface area contributed by atoms with Crippen molar-refractivity contribution in [2.75, 3.05) is 0 Å². The molecule has 4 nitrogen and oxygen atoms in total. The summed E-state index contributed by atoms with van der Waals surface area (Å²) in [7, 11) is 0. The molecule has 0 radical (unpaired) electrons. The van der Waals surface area contributed by atoms with Crippen molar-refractivity contribution in [1.82, 2.24) is 10.4 Å². The van der Waals surface area contributed by atoms with Crippen molar-refractivity contribution in [3.05, 3.63) is 88.8 Å². The average molecular weight is 404 g/mol. The van der Waals surface area contributed by atoms with Gasteiger partial charge in [-0.05, 0) is 74.8 Å². The second-order valence-corrected chi connectivity index (χ2v) is 8.40. The summed E-state index contributed by atoms with van der Waals surface area (Å²) in [6.45, 7) is 11.0. The van der Waals surface area contributed by atoms with Gasteiger partial charge < -0.3 is 0 Å². The normalized spacial score (nSPS) is 18.0. The molecule has 1 aromatic rings. The van der Waals surface area contributed by atoms with Crippen LogP contribution in [0.25, 0.3) is 0 Å². The highest BCUT2D eigenvalue weighted by molar-refractivity contribution is 5.94. The first-order valence-electron chi connectivity index (χ1n) is 10.4. The number of hydrogen-bond donors (Lipinski definition) is 1. The first-order valence-corrected chi connectivity index (χ1v) is 10.4. The number of amides is 1. The van der Waals surface area contributed by atoms with Crippen LogP contribution in [-0.2, 0) is 0 Å². The Balaban J connectivity index is 1.88. The summed E-state index contributed by atoms with van der Waals surface area (Å²) in [6.07, 6.45) is 21.0. The van der Waals surface area contributed by atoms with Crippen molar-refractivity contribution in [3.63, 3.8) is 0 Å². The van der Waals surface area contributed by atoms with E-state index in [4.69, 9.17) is 0 Å². The fourth-order valence-electron chi connectivity index (χ4n) is 3.51. The lowest BCUT2D eigenvalue weighted by molar-refractivity contribution is 0.0955. The van der Waals surface area contributed by atoms with E-state index in [1.807, 2.05) is 25.2 Å². The van der Waals surface area contributed by atoms with Crippen LogP contribution in [-0.4, -0.2) is 17.1 Å². The predicted molar refractivity (Wildman–Crippen MR) is 126 cm³/mol. The molecule has 1 aromatic heterocycles. The van der Waals surface area contributed by atoms with E-state index in [9.17, 15) is 4.79 Å². The van der Waals surface area contributed by atoms with Gasteiger partial charge in [0.25, 0.3) is 5.91 Å². The molecule has 0 atom stereocenters. The minimum Gasteiger partial charge on any atom is -0.267 e. The molecule has 4 heteroatoms. The maximum Gasteiger partial charge on any atom is 0.271 e. The third kappa shape index (κ3) is 7.43. The quantitative estimate of drug-likeness (QED) is 0.329. The number of nitrogens with zero attached hydrogens (tertiary/aromatic N) is 2. The Bertz CT molecular complexity index is 913. The van der Waals surface area contributed by atoms with Crippen molar-refractivity contribution in [3.8, 4) is 0 Å². The maximum absolute atomic E-state index is 11.9. The van der Waals surface area contributed by atoms with Crippen LogP contribution in [0, 0.1) is 5.41 Å². The highest BCUT2D eigenvalue weighted by Gasteiger charge is 2.26. The van der Waals surface area contributed by atoms with Crippen LogP contribution in [0.5, 0.6) is 0 Å². The molecule has 0 aromatic carbocycles. The predicted octanol–water partition coefficient (Wildman–Crippen LogP) is 6.33. The average Bonchev–Trinajstić information content (AvgIpc) is 2.71. The van der Waals surface area contributed by atoms with Crippen LogP contribution in [0.1, 0.15) is 64.2 Å². The molecule has 158 valence electrons. The fraction of sp³-hybridized carbons (Fsp3) is 0.346. The largest absolute Gasteiger partial charge is 0.271 e. The van der Waals surface area contributed by atoms with Gasteiger partial charge >= 0.3 is 0 Å². The van der Waals surface area contributed by atoms with E-state index in [0.717, 1.165) is 5.57 Å². The van der Waals surface area contributed by atoms with Gasteiger partial charge in [0, 0.05) is 24.2 Å². The first kappa shape index (κ1) is 23.3. The molecular weight excluding hydrogens is 370 g/mol. The first-order chi connectivity index (χ1) is 14.3. The Morgan fingerprint density at radius 1 is 1.13 bits per heavy atom. The Hall–Kier alpha value is -3.01. The van der Waals surface area contributed by atoms with Crippen LogP contribution in [0.4, 0.5) is 0 Å². The van der Waals surface area contributed by atoms with E-state index in [0.29, 0.717) is 5.56 Å². The summed E-state index contributed by atoms with van der Waals surface area (Å²) in [5, 5.41) is 3.95. The molecular formula is C26H33N3O. The van der Waals surface area contributed by atoms with Gasteiger partial charge in [0.1, 0.15) is 0 Å². The number of nitrogens with one attached hydrogen (secondary N) is 1. The highest BCUT2D eigenvalue weighted by atomic mass is 16.2. The zero-order valence-electron chi connectivity index (χ0n) is 18.8. The molecule has 2 rings (SSSR count). The van der Waals surface area contributed by atoms with Gasteiger partial charge in [-0.15, -0.1) is 0 Å². The molecule has 0 spiro atoms. The highest BCUT2D eigenvalue weighted by Crippen LogP contribution is 2.40. The monoisotopic (exact) mass is 403 g/mol. The van der Waals surface area contributed by atoms with Gasteiger partial charge in [-0.2, -0.15) is 5.10 Å². The Morgan fingerprint density at radius 2 is 1.83 bits per heavy atom. The number of carbonyl (C=O) groups excluding carboxylic acids is 1. The molecule has 30 heavy (non-hydrogen) atoms. The summed E-state index contributed by atoms with van der Waals surface area (Å²) in [4.78, 5) is 15.8. The van der Waals surface area contributed by atoms with E-state index >= 15 is 0 Å². The van der Waals surface area contributed by atoms with Crippen molar-refractivity contribution in [1.29, 1.82) is 0 Å². The number of rotatable bonds is 7. The second-order valence-electron chi connectivity index (χ2n) is 8.40. The molecule has 1 N–H and O–H groups in total. The minimum atomic E-state index is -0.257. The van der Waals surface area contributed by atoms with E-state index in [1.165, 1.54) is 36.0 Å². The molecule has 1 amide bonds. The standard InChI is InChI=1S/C26H33N3O/c1-20(11-12-24-22(3)10-7-16-26(24,4)5)8-6-9-21(2)13-19-28-29-25(30)23-14-17-27-18-15-23/h6,8-9,11-15,17-19H,7,10,16H2,1-5H3,(H,29,30). The molecule has 0 saturated carbocycles. The number of allylic oxidation sites excluding steroid dienone is 10. The summed E-state index contributed by atoms with van der Waals surface area (Å²) in [6, 6.07) is 3.29. The number of hydrazone groups is 1. The topological polar surface area (TPSA) is 54.4 Å². The smallest absolute Gasteiger partial charge is 0.267 e. The van der Waals surface area contributed by atoms with Crippen LogP contribution in [0.15, 0.2) is 88.4 Å². The van der Waals surface area contributed by atoms with Crippen LogP contribution >= 0.6 is 0 Å². The third-order valence-corrected chi connectivity index (χ3v) is 5.29. The Labute approximate surface area is 180 Å². The summed E-state index contributed by atoms with van der Waals surface area (Å²) < 4.78 is 0. The van der Waals surface area contributed by atoms with E-state index in [2.05, 4.69) is 61.4 Å². The van der Waals surface area contributed by atoms with Gasteiger partial charge in [-0.25, -0.2) is 5.43 Å². The number of aromatic nitrogens is 1. The lowest BCUT2D eigenvalue weighted by Gasteiger charge is -2.32. The van der Waals surface area contributed by atoms with Crippen molar-refractivity contribution in [2.24, 2.45) is 10.5 Å². The summed E-state index contributed by atoms with van der Waals surface area (Å²) >= 11 is 0. The molecule has 0 fully saturated rings. The SMILES string of the molecule is CC(C=CC1=C(C)CCCC1(C)C)=CC=CC(C)=CC=NNC(=O)c1ccncc1. The summed E-state index contributed by atoms with van der Waals surface area (Å²) in [5.41, 5.74) is 8.52. The molecule has 0 unspecified atom stereocenters. The molecule has 1 aliphatic carbocycles. The van der Waals surface area contributed by atoms with Crippen molar-refractivity contribution >= 4 is 12.1 Å². The van der Waals surface area contributed by atoms with Crippen LogP contribution in [0.2, 0.25) is 0 Å². The molecule has 0 bridgehead atoms. The molecule has 0 saturated heterocycles.